The van der Waals surface area contributed by atoms with Crippen LogP contribution in [-0.4, -0.2) is 127 Å². The zero-order chi connectivity index (χ0) is 32.1. The van der Waals surface area contributed by atoms with E-state index in [9.17, 15) is 50.8 Å². The summed E-state index contributed by atoms with van der Waals surface area (Å²) in [6, 6.07) is 7.98. The van der Waals surface area contributed by atoms with Crippen LogP contribution >= 0.6 is 0 Å². The number of esters is 1. The van der Waals surface area contributed by atoms with Gasteiger partial charge in [-0.25, -0.2) is 4.79 Å². The van der Waals surface area contributed by atoms with Crippen LogP contribution in [0.25, 0.3) is 6.08 Å². The number of hydrogen-bond acceptors (Lipinski definition) is 15. The number of aliphatic hydroxyl groups excluding tert-OH is 5. The first-order valence-electron chi connectivity index (χ1n) is 13.7. The average molecular weight is 625 g/mol. The monoisotopic (exact) mass is 624 g/mol. The van der Waals surface area contributed by atoms with Gasteiger partial charge in [-0.3, -0.25) is 0 Å². The number of aliphatic hydroxyl groups is 5. The smallest absolute Gasteiger partial charge is 0.331 e. The van der Waals surface area contributed by atoms with Gasteiger partial charge in [0.1, 0.15) is 36.6 Å². The molecule has 15 heteroatoms. The molecule has 0 saturated carbocycles. The van der Waals surface area contributed by atoms with Crippen molar-refractivity contribution in [3.8, 4) is 23.0 Å². The lowest BCUT2D eigenvalue weighted by Crippen LogP contribution is -2.65. The summed E-state index contributed by atoms with van der Waals surface area (Å²) in [6.45, 7) is 0.606. The van der Waals surface area contributed by atoms with Crippen LogP contribution < -0.4 is 0 Å². The molecule has 0 amide bonds. The Morgan fingerprint density at radius 2 is 1.50 bits per heavy atom. The molecule has 2 aromatic carbocycles. The minimum absolute atomic E-state index is 0.0754. The zero-order valence-corrected chi connectivity index (χ0v) is 23.5. The fourth-order valence-corrected chi connectivity index (χ4v) is 4.76. The first-order chi connectivity index (χ1) is 20.9. The molecule has 2 aliphatic rings. The normalized spacial score (nSPS) is 32.5. The van der Waals surface area contributed by atoms with Gasteiger partial charge in [0, 0.05) is 6.08 Å². The Bertz CT molecular complexity index is 1300. The fraction of sp³-hybridized carbons (Fsp3) is 0.483. The van der Waals surface area contributed by atoms with E-state index in [2.05, 4.69) is 0 Å². The van der Waals surface area contributed by atoms with Crippen LogP contribution in [-0.2, 0) is 34.9 Å². The van der Waals surface area contributed by atoms with Crippen LogP contribution in [0.1, 0.15) is 18.1 Å². The Kier molecular flexibility index (Phi) is 11.0. The van der Waals surface area contributed by atoms with Crippen LogP contribution in [0.3, 0.4) is 0 Å². The topological polar surface area (TPSA) is 245 Å². The SMILES string of the molecule is CC1O[C@@H](O[C@@H]2C(O)[C@H](OCCc3ccc(O)c(O)c3)OC(CO)[C@H]2OC(=O)/C=C/c2ccc(O)c(O)c2)[C@@H](O)C(O)[C@H]1O. The number of hydrogen-bond donors (Lipinski definition) is 9. The highest BCUT2D eigenvalue weighted by Gasteiger charge is 2.52. The number of benzene rings is 2. The quantitative estimate of drug-likeness (QED) is 0.0873. The standard InChI is InChI=1S/C29H36O15/c1-13-22(36)23(37)24(38)29(41-13)44-27-25(39)28(40-9-8-15-3-6-17(32)19(34)11-15)42-20(12-30)26(27)43-21(35)7-4-14-2-5-16(31)18(33)10-14/h2-7,10-11,13,20,22-34,36-39H,8-9,12H2,1H3/b7-4+/t13?,20?,22-,23?,24-,25?,26+,27+,28+,29-/m0/s1. The minimum Gasteiger partial charge on any atom is -0.504 e. The summed E-state index contributed by atoms with van der Waals surface area (Å²) in [7, 11) is 0. The summed E-state index contributed by atoms with van der Waals surface area (Å²) in [4.78, 5) is 12.8. The molecule has 0 aliphatic carbocycles. The third kappa shape index (κ3) is 7.76. The van der Waals surface area contributed by atoms with E-state index in [1.807, 2.05) is 0 Å². The number of carbonyl (C=O) groups is 1. The molecule has 2 heterocycles. The lowest BCUT2D eigenvalue weighted by Gasteiger charge is -2.46. The van der Waals surface area contributed by atoms with Crippen LogP contribution in [0.2, 0.25) is 0 Å². The molecule has 2 saturated heterocycles. The number of phenolic OH excluding ortho intramolecular Hbond substituents is 4. The number of phenols is 4. The van der Waals surface area contributed by atoms with Crippen molar-refractivity contribution in [2.45, 2.75) is 74.8 Å². The number of rotatable bonds is 10. The van der Waals surface area contributed by atoms with Crippen molar-refractivity contribution >= 4 is 12.0 Å². The second kappa shape index (κ2) is 14.5. The van der Waals surface area contributed by atoms with E-state index in [0.29, 0.717) is 11.1 Å². The highest BCUT2D eigenvalue weighted by molar-refractivity contribution is 5.87. The molecule has 4 unspecified atom stereocenters. The Morgan fingerprint density at radius 1 is 0.818 bits per heavy atom. The van der Waals surface area contributed by atoms with E-state index in [-0.39, 0.29) is 30.3 Å². The van der Waals surface area contributed by atoms with Gasteiger partial charge in [-0.1, -0.05) is 12.1 Å². The molecular formula is C29H36O15. The summed E-state index contributed by atoms with van der Waals surface area (Å²) in [5.74, 6) is -2.40. The lowest BCUT2D eigenvalue weighted by atomic mass is 9.97. The van der Waals surface area contributed by atoms with Gasteiger partial charge in [0.2, 0.25) is 0 Å². The number of carbonyl (C=O) groups excluding carboxylic acids is 1. The Morgan fingerprint density at radius 3 is 2.16 bits per heavy atom. The van der Waals surface area contributed by atoms with Crippen molar-refractivity contribution in [3.63, 3.8) is 0 Å². The molecule has 0 bridgehead atoms. The van der Waals surface area contributed by atoms with Crippen LogP contribution in [0, 0.1) is 0 Å². The molecule has 15 nitrogen and oxygen atoms in total. The summed E-state index contributed by atoms with van der Waals surface area (Å²) in [6.07, 6.45) is -12.6. The van der Waals surface area contributed by atoms with E-state index >= 15 is 0 Å². The van der Waals surface area contributed by atoms with Gasteiger partial charge in [0.15, 0.2) is 41.7 Å². The van der Waals surface area contributed by atoms with Gasteiger partial charge in [-0.15, -0.1) is 0 Å². The van der Waals surface area contributed by atoms with Gasteiger partial charge >= 0.3 is 5.97 Å². The largest absolute Gasteiger partial charge is 0.504 e. The van der Waals surface area contributed by atoms with Crippen molar-refractivity contribution in [2.24, 2.45) is 0 Å². The lowest BCUT2D eigenvalue weighted by molar-refractivity contribution is -0.357. The van der Waals surface area contributed by atoms with E-state index < -0.39 is 79.7 Å². The molecule has 0 spiro atoms. The molecule has 2 aliphatic heterocycles. The number of ether oxygens (including phenoxy) is 5. The predicted octanol–water partition coefficient (Wildman–Crippen LogP) is -1.02. The van der Waals surface area contributed by atoms with Crippen molar-refractivity contribution in [3.05, 3.63) is 53.6 Å². The highest BCUT2D eigenvalue weighted by Crippen LogP contribution is 2.32. The van der Waals surface area contributed by atoms with Crippen LogP contribution in [0.4, 0.5) is 0 Å². The van der Waals surface area contributed by atoms with Gasteiger partial charge in [0.05, 0.1) is 19.3 Å². The average Bonchev–Trinajstić information content (AvgIpc) is 2.99. The molecule has 44 heavy (non-hydrogen) atoms. The number of aromatic hydroxyl groups is 4. The predicted molar refractivity (Wildman–Crippen MR) is 147 cm³/mol. The van der Waals surface area contributed by atoms with Gasteiger partial charge in [-0.2, -0.15) is 0 Å². The molecule has 2 fully saturated rings. The maximum Gasteiger partial charge on any atom is 0.331 e. The molecule has 2 aromatic rings. The second-order valence-corrected chi connectivity index (χ2v) is 10.4. The summed E-state index contributed by atoms with van der Waals surface area (Å²) >= 11 is 0. The molecule has 4 rings (SSSR count). The fourth-order valence-electron chi connectivity index (χ4n) is 4.76. The highest BCUT2D eigenvalue weighted by atomic mass is 16.7. The van der Waals surface area contributed by atoms with Gasteiger partial charge in [0.25, 0.3) is 0 Å². The third-order valence-electron chi connectivity index (χ3n) is 7.27. The molecule has 242 valence electrons. The molecule has 0 aromatic heterocycles. The molecule has 9 N–H and O–H groups in total. The minimum atomic E-state index is -1.77. The first kappa shape index (κ1) is 33.4. The van der Waals surface area contributed by atoms with E-state index in [1.54, 1.807) is 6.07 Å². The van der Waals surface area contributed by atoms with Crippen molar-refractivity contribution in [2.75, 3.05) is 13.2 Å². The molecular weight excluding hydrogens is 588 g/mol. The summed E-state index contributed by atoms with van der Waals surface area (Å²) in [5.41, 5.74) is 0.914. The van der Waals surface area contributed by atoms with Crippen LogP contribution in [0.5, 0.6) is 23.0 Å². The van der Waals surface area contributed by atoms with Crippen LogP contribution in [0.15, 0.2) is 42.5 Å². The molecule has 10 atom stereocenters. The summed E-state index contributed by atoms with van der Waals surface area (Å²) in [5, 5.41) is 90.5. The maximum atomic E-state index is 12.8. The Balaban J connectivity index is 1.52. The first-order valence-corrected chi connectivity index (χ1v) is 13.7. The molecule has 0 radical (unpaired) electrons. The van der Waals surface area contributed by atoms with Gasteiger partial charge < -0.3 is 69.6 Å². The Labute approximate surface area is 251 Å². The van der Waals surface area contributed by atoms with E-state index in [4.69, 9.17) is 23.7 Å². The van der Waals surface area contributed by atoms with Crippen molar-refractivity contribution in [1.29, 1.82) is 0 Å². The van der Waals surface area contributed by atoms with E-state index in [1.165, 1.54) is 43.3 Å². The summed E-state index contributed by atoms with van der Waals surface area (Å²) < 4.78 is 28.2. The third-order valence-corrected chi connectivity index (χ3v) is 7.27. The zero-order valence-electron chi connectivity index (χ0n) is 23.5. The van der Waals surface area contributed by atoms with Crippen molar-refractivity contribution < 1.29 is 74.4 Å². The van der Waals surface area contributed by atoms with E-state index in [0.717, 1.165) is 6.08 Å². The van der Waals surface area contributed by atoms with Crippen molar-refractivity contribution in [1.82, 2.24) is 0 Å². The Hall–Kier alpha value is -3.51. The second-order valence-electron chi connectivity index (χ2n) is 10.4. The van der Waals surface area contributed by atoms with Gasteiger partial charge in [-0.05, 0) is 54.8 Å². The maximum absolute atomic E-state index is 12.8.